The largest absolute Gasteiger partial charge is 0.486 e. The van der Waals surface area contributed by atoms with Crippen molar-refractivity contribution >= 4 is 0 Å². The Labute approximate surface area is 187 Å². The molecule has 1 aromatic heterocycles. The number of aryl methyl sites for hydroxylation is 2. The minimum Gasteiger partial charge on any atom is -0.486 e. The molecule has 0 aliphatic carbocycles. The second-order valence-electron chi connectivity index (χ2n) is 8.31. The van der Waals surface area contributed by atoms with Gasteiger partial charge < -0.3 is 4.74 Å². The summed E-state index contributed by atoms with van der Waals surface area (Å²) in [5, 5.41) is 0. The maximum atomic E-state index is 5.86. The molecular weight excluding hydrogens is 380 g/mol. The van der Waals surface area contributed by atoms with Gasteiger partial charge in [-0.25, -0.2) is 9.97 Å². The van der Waals surface area contributed by atoms with Crippen molar-refractivity contribution in [2.75, 3.05) is 0 Å². The standard InChI is InChI=1S/C28H36N2O/c1-3-5-6-7-8-9-11-24-16-18-26(19-17-24)28-29-20-27(21-30-28)31-22-25-14-12-23(10-4-2)13-15-25/h12-21H,3-11,22H2,1-2H3. The van der Waals surface area contributed by atoms with Gasteiger partial charge in [-0.3, -0.25) is 0 Å². The van der Waals surface area contributed by atoms with Gasteiger partial charge in [-0.2, -0.15) is 0 Å². The summed E-state index contributed by atoms with van der Waals surface area (Å²) in [7, 11) is 0. The van der Waals surface area contributed by atoms with Crippen LogP contribution in [-0.4, -0.2) is 9.97 Å². The smallest absolute Gasteiger partial charge is 0.159 e. The zero-order valence-corrected chi connectivity index (χ0v) is 19.1. The van der Waals surface area contributed by atoms with Crippen molar-refractivity contribution in [3.05, 3.63) is 77.6 Å². The van der Waals surface area contributed by atoms with E-state index in [1.165, 1.54) is 56.1 Å². The first-order valence-corrected chi connectivity index (χ1v) is 11.9. The molecule has 1 heterocycles. The highest BCUT2D eigenvalue weighted by Gasteiger charge is 2.04. The summed E-state index contributed by atoms with van der Waals surface area (Å²) in [6.45, 7) is 4.99. The van der Waals surface area contributed by atoms with Crippen LogP contribution in [0.2, 0.25) is 0 Å². The Kier molecular flexibility index (Phi) is 9.56. The highest BCUT2D eigenvalue weighted by Crippen LogP contribution is 2.19. The minimum atomic E-state index is 0.530. The Balaban J connectivity index is 1.45. The molecule has 0 saturated carbocycles. The summed E-state index contributed by atoms with van der Waals surface area (Å²) in [5.74, 6) is 1.43. The van der Waals surface area contributed by atoms with Crippen LogP contribution >= 0.6 is 0 Å². The molecule has 0 unspecified atom stereocenters. The van der Waals surface area contributed by atoms with E-state index >= 15 is 0 Å². The molecule has 0 fully saturated rings. The molecule has 2 aromatic carbocycles. The zero-order chi connectivity index (χ0) is 21.7. The van der Waals surface area contributed by atoms with Gasteiger partial charge in [0.05, 0.1) is 12.4 Å². The lowest BCUT2D eigenvalue weighted by molar-refractivity contribution is 0.303. The summed E-state index contributed by atoms with van der Waals surface area (Å²) < 4.78 is 5.86. The molecule has 3 rings (SSSR count). The topological polar surface area (TPSA) is 35.0 Å². The third kappa shape index (κ3) is 7.82. The van der Waals surface area contributed by atoms with Crippen LogP contribution in [0.25, 0.3) is 11.4 Å². The fourth-order valence-electron chi connectivity index (χ4n) is 3.73. The van der Waals surface area contributed by atoms with Gasteiger partial charge in [-0.15, -0.1) is 0 Å². The maximum absolute atomic E-state index is 5.86. The summed E-state index contributed by atoms with van der Waals surface area (Å²) in [6, 6.07) is 17.3. The van der Waals surface area contributed by atoms with Gasteiger partial charge in [-0.05, 0) is 36.0 Å². The number of ether oxygens (including phenoxy) is 1. The molecule has 0 spiro atoms. The van der Waals surface area contributed by atoms with E-state index in [1.807, 2.05) is 0 Å². The summed E-state index contributed by atoms with van der Waals surface area (Å²) in [5.41, 5.74) is 4.97. The van der Waals surface area contributed by atoms with Gasteiger partial charge >= 0.3 is 0 Å². The van der Waals surface area contributed by atoms with Crippen molar-refractivity contribution in [1.82, 2.24) is 9.97 Å². The Bertz CT molecular complexity index is 870. The molecule has 3 heteroatoms. The van der Waals surface area contributed by atoms with Gasteiger partial charge in [0.1, 0.15) is 6.61 Å². The Hall–Kier alpha value is -2.68. The molecule has 3 nitrogen and oxygen atoms in total. The SMILES string of the molecule is CCCCCCCCc1ccc(-c2ncc(OCc3ccc(CCC)cc3)cn2)cc1. The Morgan fingerprint density at radius 3 is 1.87 bits per heavy atom. The van der Waals surface area contributed by atoms with Crippen LogP contribution in [0.3, 0.4) is 0 Å². The van der Waals surface area contributed by atoms with Crippen LogP contribution in [0.5, 0.6) is 5.75 Å². The van der Waals surface area contributed by atoms with Crippen LogP contribution in [0.1, 0.15) is 75.5 Å². The van der Waals surface area contributed by atoms with Gasteiger partial charge in [0.25, 0.3) is 0 Å². The molecule has 3 aromatic rings. The first kappa shape index (κ1) is 23.0. The van der Waals surface area contributed by atoms with E-state index in [0.29, 0.717) is 12.4 Å². The van der Waals surface area contributed by atoms with E-state index in [2.05, 4.69) is 72.3 Å². The summed E-state index contributed by atoms with van der Waals surface area (Å²) >= 11 is 0. The average Bonchev–Trinajstić information content (AvgIpc) is 2.82. The molecule has 0 atom stereocenters. The van der Waals surface area contributed by atoms with Gasteiger partial charge in [0.15, 0.2) is 11.6 Å². The fraction of sp³-hybridized carbons (Fsp3) is 0.429. The maximum Gasteiger partial charge on any atom is 0.159 e. The van der Waals surface area contributed by atoms with Crippen LogP contribution in [0.4, 0.5) is 0 Å². The monoisotopic (exact) mass is 416 g/mol. The van der Waals surface area contributed by atoms with Crippen molar-refractivity contribution in [2.24, 2.45) is 0 Å². The predicted octanol–water partition coefficient (Wildman–Crippen LogP) is 7.58. The van der Waals surface area contributed by atoms with Gasteiger partial charge in [0, 0.05) is 5.56 Å². The van der Waals surface area contributed by atoms with Gasteiger partial charge in [0.2, 0.25) is 0 Å². The summed E-state index contributed by atoms with van der Waals surface area (Å²) in [4.78, 5) is 8.99. The van der Waals surface area contributed by atoms with Crippen molar-refractivity contribution in [1.29, 1.82) is 0 Å². The van der Waals surface area contributed by atoms with E-state index in [4.69, 9.17) is 4.74 Å². The molecule has 164 valence electrons. The zero-order valence-electron chi connectivity index (χ0n) is 19.1. The van der Waals surface area contributed by atoms with Crippen LogP contribution in [0, 0.1) is 0 Å². The normalized spacial score (nSPS) is 10.9. The molecule has 0 aliphatic rings. The molecular formula is C28H36N2O. The predicted molar refractivity (Wildman–Crippen MR) is 129 cm³/mol. The fourth-order valence-corrected chi connectivity index (χ4v) is 3.73. The third-order valence-electron chi connectivity index (χ3n) is 5.63. The molecule has 0 amide bonds. The number of rotatable bonds is 13. The van der Waals surface area contributed by atoms with Crippen LogP contribution < -0.4 is 4.74 Å². The second-order valence-corrected chi connectivity index (χ2v) is 8.31. The van der Waals surface area contributed by atoms with E-state index in [-0.39, 0.29) is 0 Å². The van der Waals surface area contributed by atoms with Crippen LogP contribution in [-0.2, 0) is 19.4 Å². The lowest BCUT2D eigenvalue weighted by Crippen LogP contribution is -1.98. The van der Waals surface area contributed by atoms with Gasteiger partial charge in [-0.1, -0.05) is 101 Å². The van der Waals surface area contributed by atoms with E-state index in [1.54, 1.807) is 12.4 Å². The Morgan fingerprint density at radius 1 is 0.613 bits per heavy atom. The average molecular weight is 417 g/mol. The molecule has 0 aliphatic heterocycles. The number of benzene rings is 2. The summed E-state index contributed by atoms with van der Waals surface area (Å²) in [6.07, 6.45) is 15.0. The molecule has 0 saturated heterocycles. The lowest BCUT2D eigenvalue weighted by atomic mass is 10.0. The van der Waals surface area contributed by atoms with Crippen molar-refractivity contribution < 1.29 is 4.74 Å². The number of aromatic nitrogens is 2. The number of nitrogens with zero attached hydrogens (tertiary/aromatic N) is 2. The third-order valence-corrected chi connectivity index (χ3v) is 5.63. The molecule has 0 N–H and O–H groups in total. The van der Waals surface area contributed by atoms with E-state index in [0.717, 1.165) is 29.8 Å². The molecule has 0 radical (unpaired) electrons. The van der Waals surface area contributed by atoms with Crippen LogP contribution in [0.15, 0.2) is 60.9 Å². The Morgan fingerprint density at radius 2 is 1.19 bits per heavy atom. The minimum absolute atomic E-state index is 0.530. The first-order valence-electron chi connectivity index (χ1n) is 11.9. The number of unbranched alkanes of at least 4 members (excludes halogenated alkanes) is 5. The lowest BCUT2D eigenvalue weighted by Gasteiger charge is -2.08. The highest BCUT2D eigenvalue weighted by molar-refractivity contribution is 5.55. The van der Waals surface area contributed by atoms with E-state index in [9.17, 15) is 0 Å². The second kappa shape index (κ2) is 12.9. The first-order chi connectivity index (χ1) is 15.3. The quantitative estimate of drug-likeness (QED) is 0.269. The number of hydrogen-bond acceptors (Lipinski definition) is 3. The number of hydrogen-bond donors (Lipinski definition) is 0. The molecule has 0 bridgehead atoms. The molecule has 31 heavy (non-hydrogen) atoms. The van der Waals surface area contributed by atoms with Crippen molar-refractivity contribution in [3.63, 3.8) is 0 Å². The van der Waals surface area contributed by atoms with E-state index < -0.39 is 0 Å². The van der Waals surface area contributed by atoms with Crippen molar-refractivity contribution in [2.45, 2.75) is 78.2 Å². The highest BCUT2D eigenvalue weighted by atomic mass is 16.5. The van der Waals surface area contributed by atoms with Crippen molar-refractivity contribution in [3.8, 4) is 17.1 Å².